The predicted molar refractivity (Wildman–Crippen MR) is 90.4 cm³/mol. The Morgan fingerprint density at radius 2 is 1.95 bits per heavy atom. The summed E-state index contributed by atoms with van der Waals surface area (Å²) in [6.45, 7) is 3.12. The Morgan fingerprint density at radius 1 is 1.27 bits per heavy atom. The van der Waals surface area contributed by atoms with E-state index in [1.807, 2.05) is 36.2 Å². The fourth-order valence-electron chi connectivity index (χ4n) is 2.63. The average molecular weight is 326 g/mol. The minimum atomic E-state index is -0.0924. The number of rotatable bonds is 4. The molecule has 5 nitrogen and oxygen atoms in total. The zero-order valence-electron chi connectivity index (χ0n) is 13.1. The Labute approximate surface area is 137 Å². The van der Waals surface area contributed by atoms with Crippen LogP contribution in [0.2, 0.25) is 0 Å². The van der Waals surface area contributed by atoms with Crippen molar-refractivity contribution in [3.63, 3.8) is 0 Å². The zero-order chi connectivity index (χ0) is 15.2. The lowest BCUT2D eigenvalue weighted by atomic mass is 10.0. The van der Waals surface area contributed by atoms with E-state index in [0.717, 1.165) is 37.2 Å². The smallest absolute Gasteiger partial charge is 0.227 e. The first kappa shape index (κ1) is 18.5. The first-order valence-corrected chi connectivity index (χ1v) is 7.40. The Balaban J connectivity index is 0.00000242. The number of hydrogen-bond donors (Lipinski definition) is 2. The van der Waals surface area contributed by atoms with E-state index >= 15 is 0 Å². The minimum Gasteiger partial charge on any atom is -0.341 e. The Morgan fingerprint density at radius 3 is 2.55 bits per heavy atom. The molecule has 0 aliphatic carbocycles. The van der Waals surface area contributed by atoms with Gasteiger partial charge in [-0.1, -0.05) is 12.1 Å². The molecule has 1 unspecified atom stereocenters. The predicted octanol–water partition coefficient (Wildman–Crippen LogP) is 1.82. The van der Waals surface area contributed by atoms with Gasteiger partial charge in [-0.15, -0.1) is 12.4 Å². The van der Waals surface area contributed by atoms with Crippen molar-refractivity contribution in [1.29, 1.82) is 0 Å². The molecule has 6 heteroatoms. The normalized spacial score (nSPS) is 17.5. The highest BCUT2D eigenvalue weighted by Crippen LogP contribution is 2.14. The number of benzene rings is 1. The lowest BCUT2D eigenvalue weighted by Gasteiger charge is -2.32. The van der Waals surface area contributed by atoms with Crippen LogP contribution < -0.4 is 10.6 Å². The quantitative estimate of drug-likeness (QED) is 0.887. The largest absolute Gasteiger partial charge is 0.341 e. The van der Waals surface area contributed by atoms with Crippen LogP contribution in [0.3, 0.4) is 0 Å². The van der Waals surface area contributed by atoms with Gasteiger partial charge in [0.05, 0.1) is 6.42 Å². The van der Waals surface area contributed by atoms with Crippen LogP contribution in [0, 0.1) is 0 Å². The van der Waals surface area contributed by atoms with E-state index in [0.29, 0.717) is 12.5 Å². The SMILES string of the molecule is CNC1CCCN(C(=O)Cc2ccc(NC(C)=O)cc2)C1.Cl. The van der Waals surface area contributed by atoms with Gasteiger partial charge in [-0.05, 0) is 37.6 Å². The molecule has 0 bridgehead atoms. The average Bonchev–Trinajstić information content (AvgIpc) is 2.49. The third-order valence-corrected chi connectivity index (χ3v) is 3.81. The van der Waals surface area contributed by atoms with Crippen LogP contribution >= 0.6 is 12.4 Å². The Hall–Kier alpha value is -1.59. The van der Waals surface area contributed by atoms with E-state index in [4.69, 9.17) is 0 Å². The fourth-order valence-corrected chi connectivity index (χ4v) is 2.63. The second-order valence-corrected chi connectivity index (χ2v) is 5.52. The van der Waals surface area contributed by atoms with Crippen molar-refractivity contribution in [2.24, 2.45) is 0 Å². The standard InChI is InChI=1S/C16H23N3O2.ClH/c1-12(20)18-14-7-5-13(6-8-14)10-16(21)19-9-3-4-15(11-19)17-2;/h5-8,15,17H,3-4,9-11H2,1-2H3,(H,18,20);1H. The van der Waals surface area contributed by atoms with Crippen LogP contribution in [0.4, 0.5) is 5.69 Å². The molecule has 2 amide bonds. The number of piperidine rings is 1. The molecule has 1 atom stereocenters. The summed E-state index contributed by atoms with van der Waals surface area (Å²) >= 11 is 0. The summed E-state index contributed by atoms with van der Waals surface area (Å²) in [6.07, 6.45) is 2.60. The molecule has 1 aromatic carbocycles. The molecule has 2 N–H and O–H groups in total. The lowest BCUT2D eigenvalue weighted by molar-refractivity contribution is -0.131. The highest BCUT2D eigenvalue weighted by Gasteiger charge is 2.22. The third kappa shape index (κ3) is 5.31. The molecule has 1 fully saturated rings. The van der Waals surface area contributed by atoms with E-state index in [-0.39, 0.29) is 24.2 Å². The van der Waals surface area contributed by atoms with Crippen molar-refractivity contribution in [2.75, 3.05) is 25.5 Å². The number of nitrogens with zero attached hydrogens (tertiary/aromatic N) is 1. The van der Waals surface area contributed by atoms with Gasteiger partial charge in [0, 0.05) is 31.7 Å². The molecule has 0 saturated carbocycles. The number of amides is 2. The van der Waals surface area contributed by atoms with Gasteiger partial charge in [0.15, 0.2) is 0 Å². The summed E-state index contributed by atoms with van der Waals surface area (Å²) in [6, 6.07) is 7.85. The molecule has 0 radical (unpaired) electrons. The molecule has 22 heavy (non-hydrogen) atoms. The maximum atomic E-state index is 12.3. The molecule has 122 valence electrons. The van der Waals surface area contributed by atoms with E-state index in [1.165, 1.54) is 6.92 Å². The summed E-state index contributed by atoms with van der Waals surface area (Å²) in [7, 11) is 1.94. The number of carbonyl (C=O) groups is 2. The van der Waals surface area contributed by atoms with Crippen LogP contribution in [-0.2, 0) is 16.0 Å². The van der Waals surface area contributed by atoms with Crippen molar-refractivity contribution in [1.82, 2.24) is 10.2 Å². The van der Waals surface area contributed by atoms with Crippen LogP contribution in [0.1, 0.15) is 25.3 Å². The van der Waals surface area contributed by atoms with Crippen LogP contribution in [0.5, 0.6) is 0 Å². The first-order chi connectivity index (χ1) is 10.1. The molecule has 1 aromatic rings. The number of likely N-dealkylation sites (N-methyl/N-ethyl adjacent to an activating group) is 1. The molecular formula is C16H24ClN3O2. The number of carbonyl (C=O) groups excluding carboxylic acids is 2. The molecule has 1 saturated heterocycles. The zero-order valence-corrected chi connectivity index (χ0v) is 13.9. The van der Waals surface area contributed by atoms with Crippen LogP contribution in [0.25, 0.3) is 0 Å². The number of halogens is 1. The molecule has 1 aliphatic rings. The first-order valence-electron chi connectivity index (χ1n) is 7.40. The highest BCUT2D eigenvalue weighted by atomic mass is 35.5. The summed E-state index contributed by atoms with van der Waals surface area (Å²) < 4.78 is 0. The molecule has 1 heterocycles. The number of anilines is 1. The number of nitrogens with one attached hydrogen (secondary N) is 2. The Kier molecular flexibility index (Phi) is 7.35. The topological polar surface area (TPSA) is 61.4 Å². The van der Waals surface area contributed by atoms with Gasteiger partial charge in [-0.2, -0.15) is 0 Å². The van der Waals surface area contributed by atoms with Gasteiger partial charge in [-0.3, -0.25) is 9.59 Å². The molecule has 1 aliphatic heterocycles. The second kappa shape index (κ2) is 8.76. The van der Waals surface area contributed by atoms with E-state index in [9.17, 15) is 9.59 Å². The monoisotopic (exact) mass is 325 g/mol. The number of hydrogen-bond acceptors (Lipinski definition) is 3. The van der Waals surface area contributed by atoms with Gasteiger partial charge in [0.2, 0.25) is 11.8 Å². The Bertz CT molecular complexity index is 505. The minimum absolute atomic E-state index is 0. The molecule has 2 rings (SSSR count). The molecule has 0 aromatic heterocycles. The van der Waals surface area contributed by atoms with Crippen molar-refractivity contribution in [3.05, 3.63) is 29.8 Å². The van der Waals surface area contributed by atoms with Gasteiger partial charge in [0.1, 0.15) is 0 Å². The highest BCUT2D eigenvalue weighted by molar-refractivity contribution is 5.88. The van der Waals surface area contributed by atoms with E-state index in [2.05, 4.69) is 10.6 Å². The fraction of sp³-hybridized carbons (Fsp3) is 0.500. The van der Waals surface area contributed by atoms with E-state index < -0.39 is 0 Å². The van der Waals surface area contributed by atoms with Crippen molar-refractivity contribution < 1.29 is 9.59 Å². The van der Waals surface area contributed by atoms with Gasteiger partial charge in [0.25, 0.3) is 0 Å². The maximum absolute atomic E-state index is 12.3. The maximum Gasteiger partial charge on any atom is 0.227 e. The van der Waals surface area contributed by atoms with Crippen molar-refractivity contribution >= 4 is 29.9 Å². The molecule has 0 spiro atoms. The third-order valence-electron chi connectivity index (χ3n) is 3.81. The lowest BCUT2D eigenvalue weighted by Crippen LogP contribution is -2.47. The molecular weight excluding hydrogens is 302 g/mol. The van der Waals surface area contributed by atoms with Crippen molar-refractivity contribution in [3.8, 4) is 0 Å². The van der Waals surface area contributed by atoms with Crippen LogP contribution in [0.15, 0.2) is 24.3 Å². The van der Waals surface area contributed by atoms with Gasteiger partial charge >= 0.3 is 0 Å². The summed E-state index contributed by atoms with van der Waals surface area (Å²) in [5, 5.41) is 5.96. The van der Waals surface area contributed by atoms with Crippen LogP contribution in [-0.4, -0.2) is 42.9 Å². The number of likely N-dealkylation sites (tertiary alicyclic amines) is 1. The second-order valence-electron chi connectivity index (χ2n) is 5.52. The summed E-state index contributed by atoms with van der Waals surface area (Å²) in [5.41, 5.74) is 1.73. The van der Waals surface area contributed by atoms with Gasteiger partial charge in [-0.25, -0.2) is 0 Å². The van der Waals surface area contributed by atoms with E-state index in [1.54, 1.807) is 0 Å². The summed E-state index contributed by atoms with van der Waals surface area (Å²) in [5.74, 6) is 0.0764. The van der Waals surface area contributed by atoms with Gasteiger partial charge < -0.3 is 15.5 Å². The summed E-state index contributed by atoms with van der Waals surface area (Å²) in [4.78, 5) is 25.2. The van der Waals surface area contributed by atoms with Crippen molar-refractivity contribution in [2.45, 2.75) is 32.2 Å².